The summed E-state index contributed by atoms with van der Waals surface area (Å²) in [5.74, 6) is 1.19. The molecule has 0 saturated carbocycles. The summed E-state index contributed by atoms with van der Waals surface area (Å²) >= 11 is 3.27. The molecule has 1 aliphatic rings. The second-order valence-electron chi connectivity index (χ2n) is 4.85. The van der Waals surface area contributed by atoms with Crippen LogP contribution >= 0.6 is 15.9 Å². The molecule has 2 rings (SSSR count). The Morgan fingerprint density at radius 3 is 2.57 bits per heavy atom. The fourth-order valence-corrected chi connectivity index (χ4v) is 4.39. The average molecular weight is 379 g/mol. The zero-order valence-electron chi connectivity index (χ0n) is 12.0. The van der Waals surface area contributed by atoms with Crippen LogP contribution in [0.5, 0.6) is 11.5 Å². The van der Waals surface area contributed by atoms with E-state index in [4.69, 9.17) is 9.47 Å². The lowest BCUT2D eigenvalue weighted by Gasteiger charge is -2.14. The van der Waals surface area contributed by atoms with Crippen LogP contribution in [0.4, 0.5) is 0 Å². The number of rotatable bonds is 6. The predicted octanol–water partition coefficient (Wildman–Crippen LogP) is 1.35. The van der Waals surface area contributed by atoms with Crippen LogP contribution in [0.1, 0.15) is 6.42 Å². The Kier molecular flexibility index (Phi) is 5.48. The van der Waals surface area contributed by atoms with Gasteiger partial charge in [-0.3, -0.25) is 0 Å². The molecule has 6 nitrogen and oxygen atoms in total. The SMILES string of the molecule is COc1cc(Br)c(S(=O)(=O)NCC2CCNC2)cc1OC. The van der Waals surface area contributed by atoms with Crippen LogP contribution in [-0.4, -0.2) is 42.3 Å². The van der Waals surface area contributed by atoms with E-state index in [0.717, 1.165) is 19.5 Å². The first-order valence-corrected chi connectivity index (χ1v) is 8.87. The van der Waals surface area contributed by atoms with Gasteiger partial charge in [0.15, 0.2) is 11.5 Å². The number of methoxy groups -OCH3 is 2. The highest BCUT2D eigenvalue weighted by Crippen LogP contribution is 2.35. The lowest BCUT2D eigenvalue weighted by Crippen LogP contribution is -2.30. The molecular weight excluding hydrogens is 360 g/mol. The first kappa shape index (κ1) is 16.5. The number of nitrogens with one attached hydrogen (secondary N) is 2. The highest BCUT2D eigenvalue weighted by molar-refractivity contribution is 9.10. The Morgan fingerprint density at radius 1 is 1.33 bits per heavy atom. The van der Waals surface area contributed by atoms with E-state index < -0.39 is 10.0 Å². The van der Waals surface area contributed by atoms with E-state index in [-0.39, 0.29) is 4.90 Å². The largest absolute Gasteiger partial charge is 0.493 e. The Hall–Kier alpha value is -0.830. The van der Waals surface area contributed by atoms with Crippen LogP contribution in [0, 0.1) is 5.92 Å². The van der Waals surface area contributed by atoms with Crippen LogP contribution in [0.2, 0.25) is 0 Å². The Bertz CT molecular complexity index is 600. The molecule has 118 valence electrons. The summed E-state index contributed by atoms with van der Waals surface area (Å²) in [7, 11) is -0.620. The van der Waals surface area contributed by atoms with E-state index in [0.29, 0.717) is 28.4 Å². The van der Waals surface area contributed by atoms with Gasteiger partial charge in [0.2, 0.25) is 10.0 Å². The molecular formula is C13H19BrN2O4S. The quantitative estimate of drug-likeness (QED) is 0.781. The van der Waals surface area contributed by atoms with Crippen molar-refractivity contribution in [3.63, 3.8) is 0 Å². The second-order valence-corrected chi connectivity index (χ2v) is 7.44. The molecule has 1 aliphatic heterocycles. The van der Waals surface area contributed by atoms with Crippen molar-refractivity contribution in [3.05, 3.63) is 16.6 Å². The summed E-state index contributed by atoms with van der Waals surface area (Å²) in [5.41, 5.74) is 0. The molecule has 2 N–H and O–H groups in total. The second kappa shape index (κ2) is 6.95. The molecule has 8 heteroatoms. The summed E-state index contributed by atoms with van der Waals surface area (Å²) < 4.78 is 38.2. The summed E-state index contributed by atoms with van der Waals surface area (Å²) in [6.45, 7) is 2.21. The average Bonchev–Trinajstić information content (AvgIpc) is 2.98. The summed E-state index contributed by atoms with van der Waals surface area (Å²) in [6, 6.07) is 3.04. The van der Waals surface area contributed by atoms with E-state index in [9.17, 15) is 8.42 Å². The standard InChI is InChI=1S/C13H19BrN2O4S/c1-19-11-5-10(14)13(6-12(11)20-2)21(17,18)16-8-9-3-4-15-7-9/h5-6,9,15-16H,3-4,7-8H2,1-2H3. The van der Waals surface area contributed by atoms with Crippen molar-refractivity contribution in [1.29, 1.82) is 0 Å². The fraction of sp³-hybridized carbons (Fsp3) is 0.538. The van der Waals surface area contributed by atoms with Crippen molar-refractivity contribution in [1.82, 2.24) is 10.0 Å². The Balaban J connectivity index is 2.22. The molecule has 1 heterocycles. The molecule has 1 fully saturated rings. The van der Waals surface area contributed by atoms with Gasteiger partial charge in [-0.1, -0.05) is 0 Å². The first-order chi connectivity index (χ1) is 9.97. The lowest BCUT2D eigenvalue weighted by molar-refractivity contribution is 0.353. The van der Waals surface area contributed by atoms with Gasteiger partial charge in [-0.25, -0.2) is 13.1 Å². The highest BCUT2D eigenvalue weighted by atomic mass is 79.9. The van der Waals surface area contributed by atoms with Gasteiger partial charge in [0.05, 0.1) is 14.2 Å². The van der Waals surface area contributed by atoms with Crippen LogP contribution in [-0.2, 0) is 10.0 Å². The molecule has 21 heavy (non-hydrogen) atoms. The van der Waals surface area contributed by atoms with Crippen molar-refractivity contribution >= 4 is 26.0 Å². The van der Waals surface area contributed by atoms with Crippen molar-refractivity contribution < 1.29 is 17.9 Å². The van der Waals surface area contributed by atoms with E-state index >= 15 is 0 Å². The normalized spacial score (nSPS) is 18.7. The third-order valence-electron chi connectivity index (χ3n) is 3.45. The number of hydrogen-bond donors (Lipinski definition) is 2. The molecule has 0 aromatic heterocycles. The fourth-order valence-electron chi connectivity index (χ4n) is 2.24. The van der Waals surface area contributed by atoms with Gasteiger partial charge in [0.25, 0.3) is 0 Å². The smallest absolute Gasteiger partial charge is 0.241 e. The molecule has 0 aliphatic carbocycles. The van der Waals surface area contributed by atoms with Crippen molar-refractivity contribution in [2.45, 2.75) is 11.3 Å². The topological polar surface area (TPSA) is 76.7 Å². The summed E-state index contributed by atoms with van der Waals surface area (Å²) in [4.78, 5) is 0.145. The minimum atomic E-state index is -3.60. The number of sulfonamides is 1. The third kappa shape index (κ3) is 3.88. The molecule has 1 atom stereocenters. The van der Waals surface area contributed by atoms with Gasteiger partial charge in [0.1, 0.15) is 4.90 Å². The zero-order chi connectivity index (χ0) is 15.5. The van der Waals surface area contributed by atoms with Crippen molar-refractivity contribution in [3.8, 4) is 11.5 Å². The predicted molar refractivity (Wildman–Crippen MR) is 83.4 cm³/mol. The van der Waals surface area contributed by atoms with Crippen molar-refractivity contribution in [2.75, 3.05) is 33.9 Å². The minimum Gasteiger partial charge on any atom is -0.493 e. The van der Waals surface area contributed by atoms with Gasteiger partial charge in [0, 0.05) is 17.1 Å². The van der Waals surface area contributed by atoms with Gasteiger partial charge in [-0.15, -0.1) is 0 Å². The lowest BCUT2D eigenvalue weighted by atomic mass is 10.1. The monoisotopic (exact) mass is 378 g/mol. The third-order valence-corrected chi connectivity index (χ3v) is 5.83. The van der Waals surface area contributed by atoms with E-state index in [1.165, 1.54) is 20.3 Å². The van der Waals surface area contributed by atoms with E-state index in [1.807, 2.05) is 0 Å². The molecule has 1 aromatic rings. The van der Waals surface area contributed by atoms with Crippen LogP contribution in [0.25, 0.3) is 0 Å². The maximum Gasteiger partial charge on any atom is 0.241 e. The molecule has 1 unspecified atom stereocenters. The van der Waals surface area contributed by atoms with Gasteiger partial charge < -0.3 is 14.8 Å². The van der Waals surface area contributed by atoms with Gasteiger partial charge in [-0.2, -0.15) is 0 Å². The van der Waals surface area contributed by atoms with Crippen LogP contribution in [0.15, 0.2) is 21.5 Å². The van der Waals surface area contributed by atoms with E-state index in [1.54, 1.807) is 6.07 Å². The van der Waals surface area contributed by atoms with Gasteiger partial charge >= 0.3 is 0 Å². The number of hydrogen-bond acceptors (Lipinski definition) is 5. The zero-order valence-corrected chi connectivity index (χ0v) is 14.4. The van der Waals surface area contributed by atoms with Gasteiger partial charge in [-0.05, 0) is 47.4 Å². The van der Waals surface area contributed by atoms with E-state index in [2.05, 4.69) is 26.0 Å². The molecule has 0 bridgehead atoms. The molecule has 1 saturated heterocycles. The molecule has 1 aromatic carbocycles. The molecule has 0 spiro atoms. The summed E-state index contributed by atoms with van der Waals surface area (Å²) in [6.07, 6.45) is 0.982. The minimum absolute atomic E-state index is 0.145. The van der Waals surface area contributed by atoms with Crippen LogP contribution in [0.3, 0.4) is 0 Å². The highest BCUT2D eigenvalue weighted by Gasteiger charge is 2.23. The Labute approximate surface area is 133 Å². The summed E-state index contributed by atoms with van der Waals surface area (Å²) in [5, 5.41) is 3.21. The Morgan fingerprint density at radius 2 is 2.00 bits per heavy atom. The first-order valence-electron chi connectivity index (χ1n) is 6.60. The maximum absolute atomic E-state index is 12.4. The van der Waals surface area contributed by atoms with Crippen LogP contribution < -0.4 is 19.5 Å². The number of benzene rings is 1. The number of halogens is 1. The number of ether oxygens (including phenoxy) is 2. The maximum atomic E-state index is 12.4. The van der Waals surface area contributed by atoms with Crippen molar-refractivity contribution in [2.24, 2.45) is 5.92 Å². The molecule has 0 amide bonds. The molecule has 0 radical (unpaired) electrons.